The van der Waals surface area contributed by atoms with Gasteiger partial charge in [0, 0.05) is 12.1 Å². The average molecular weight is 349 g/mol. The SMILES string of the molecule is Cc1cccc(N2C(=O)C(O)=C(C(=O)CC(C)C)C2c2ccccc2)c1. The first-order valence-corrected chi connectivity index (χ1v) is 8.81. The Morgan fingerprint density at radius 2 is 1.81 bits per heavy atom. The number of hydrogen-bond acceptors (Lipinski definition) is 3. The predicted molar refractivity (Wildman–Crippen MR) is 102 cm³/mol. The molecule has 0 fully saturated rings. The second-order valence-electron chi connectivity index (χ2n) is 7.11. The molecule has 0 saturated carbocycles. The van der Waals surface area contributed by atoms with Crippen LogP contribution in [0.1, 0.15) is 37.4 Å². The van der Waals surface area contributed by atoms with Crippen molar-refractivity contribution in [1.82, 2.24) is 0 Å². The van der Waals surface area contributed by atoms with Gasteiger partial charge in [-0.05, 0) is 36.1 Å². The first-order valence-electron chi connectivity index (χ1n) is 8.81. The molecule has 2 aromatic rings. The Balaban J connectivity index is 2.14. The largest absolute Gasteiger partial charge is 0.503 e. The number of nitrogens with zero attached hydrogens (tertiary/aromatic N) is 1. The summed E-state index contributed by atoms with van der Waals surface area (Å²) in [6.45, 7) is 5.84. The molecular weight excluding hydrogens is 326 g/mol. The van der Waals surface area contributed by atoms with Crippen LogP contribution in [-0.2, 0) is 9.59 Å². The third-order valence-corrected chi connectivity index (χ3v) is 4.50. The molecule has 4 heteroatoms. The molecule has 134 valence electrons. The maximum atomic E-state index is 12.9. The Morgan fingerprint density at radius 3 is 2.42 bits per heavy atom. The molecule has 0 radical (unpaired) electrons. The second kappa shape index (κ2) is 7.16. The van der Waals surface area contributed by atoms with Crippen LogP contribution in [0.5, 0.6) is 0 Å². The molecule has 4 nitrogen and oxygen atoms in total. The van der Waals surface area contributed by atoms with Gasteiger partial charge in [0.25, 0.3) is 5.91 Å². The number of benzene rings is 2. The summed E-state index contributed by atoms with van der Waals surface area (Å²) < 4.78 is 0. The Morgan fingerprint density at radius 1 is 1.12 bits per heavy atom. The van der Waals surface area contributed by atoms with Crippen molar-refractivity contribution in [2.75, 3.05) is 4.90 Å². The molecule has 1 unspecified atom stereocenters. The lowest BCUT2D eigenvalue weighted by Crippen LogP contribution is -2.31. The Kier molecular flexibility index (Phi) is 4.94. The highest BCUT2D eigenvalue weighted by molar-refractivity contribution is 6.16. The van der Waals surface area contributed by atoms with Gasteiger partial charge in [-0.3, -0.25) is 14.5 Å². The molecule has 1 atom stereocenters. The van der Waals surface area contributed by atoms with Crippen LogP contribution in [0.4, 0.5) is 5.69 Å². The molecule has 3 rings (SSSR count). The number of carbonyl (C=O) groups is 2. The molecule has 1 heterocycles. The molecule has 1 amide bonds. The topological polar surface area (TPSA) is 57.6 Å². The lowest BCUT2D eigenvalue weighted by Gasteiger charge is -2.27. The molecule has 1 N–H and O–H groups in total. The first kappa shape index (κ1) is 17.9. The maximum absolute atomic E-state index is 12.9. The molecule has 0 aliphatic carbocycles. The van der Waals surface area contributed by atoms with Crippen LogP contribution in [0.15, 0.2) is 65.9 Å². The third-order valence-electron chi connectivity index (χ3n) is 4.50. The van der Waals surface area contributed by atoms with Gasteiger partial charge in [-0.1, -0.05) is 56.3 Å². The number of aliphatic hydroxyl groups is 1. The fraction of sp³-hybridized carbons (Fsp3) is 0.273. The minimum Gasteiger partial charge on any atom is -0.503 e. The van der Waals surface area contributed by atoms with Gasteiger partial charge < -0.3 is 5.11 Å². The standard InChI is InChI=1S/C22H23NO3/c1-14(2)12-18(24)19-20(16-9-5-4-6-10-16)23(22(26)21(19)25)17-11-7-8-15(3)13-17/h4-11,13-14,20,25H,12H2,1-3H3. The van der Waals surface area contributed by atoms with Crippen LogP contribution in [0.25, 0.3) is 0 Å². The summed E-state index contributed by atoms with van der Waals surface area (Å²) in [5.74, 6) is -1.01. The average Bonchev–Trinajstić information content (AvgIpc) is 2.87. The summed E-state index contributed by atoms with van der Waals surface area (Å²) in [4.78, 5) is 27.2. The van der Waals surface area contributed by atoms with Gasteiger partial charge in [-0.25, -0.2) is 0 Å². The van der Waals surface area contributed by atoms with Crippen molar-refractivity contribution < 1.29 is 14.7 Å². The van der Waals surface area contributed by atoms with Crippen molar-refractivity contribution in [2.24, 2.45) is 5.92 Å². The van der Waals surface area contributed by atoms with E-state index in [0.29, 0.717) is 5.69 Å². The first-order chi connectivity index (χ1) is 12.4. The van der Waals surface area contributed by atoms with E-state index in [2.05, 4.69) is 0 Å². The highest BCUT2D eigenvalue weighted by Crippen LogP contribution is 2.41. The van der Waals surface area contributed by atoms with E-state index in [4.69, 9.17) is 0 Å². The van der Waals surface area contributed by atoms with Gasteiger partial charge in [-0.15, -0.1) is 0 Å². The zero-order valence-corrected chi connectivity index (χ0v) is 15.3. The summed E-state index contributed by atoms with van der Waals surface area (Å²) in [5, 5.41) is 10.5. The number of anilines is 1. The van der Waals surface area contributed by atoms with Gasteiger partial charge in [0.1, 0.15) is 0 Å². The number of Topliss-reactive ketones (excluding diaryl/α,β-unsaturated/α-hetero) is 1. The number of carbonyl (C=O) groups excluding carboxylic acids is 2. The zero-order chi connectivity index (χ0) is 18.8. The number of rotatable bonds is 5. The van der Waals surface area contributed by atoms with E-state index in [9.17, 15) is 14.7 Å². The smallest absolute Gasteiger partial charge is 0.294 e. The number of aryl methyl sites for hydroxylation is 1. The molecule has 1 aliphatic heterocycles. The van der Waals surface area contributed by atoms with Gasteiger partial charge in [-0.2, -0.15) is 0 Å². The van der Waals surface area contributed by atoms with Crippen LogP contribution in [-0.4, -0.2) is 16.8 Å². The number of hydrogen-bond donors (Lipinski definition) is 1. The van der Waals surface area contributed by atoms with E-state index in [1.165, 1.54) is 4.90 Å². The highest BCUT2D eigenvalue weighted by Gasteiger charge is 2.44. The van der Waals surface area contributed by atoms with Crippen LogP contribution >= 0.6 is 0 Å². The van der Waals surface area contributed by atoms with E-state index in [1.54, 1.807) is 0 Å². The summed E-state index contributed by atoms with van der Waals surface area (Å²) >= 11 is 0. The zero-order valence-electron chi connectivity index (χ0n) is 15.3. The van der Waals surface area contributed by atoms with Crippen molar-refractivity contribution in [3.63, 3.8) is 0 Å². The Bertz CT molecular complexity index is 868. The van der Waals surface area contributed by atoms with Gasteiger partial charge >= 0.3 is 0 Å². The van der Waals surface area contributed by atoms with Gasteiger partial charge in [0.2, 0.25) is 0 Å². The fourth-order valence-electron chi connectivity index (χ4n) is 3.37. The predicted octanol–water partition coefficient (Wildman–Crippen LogP) is 4.51. The number of aliphatic hydroxyl groups excluding tert-OH is 1. The van der Waals surface area contributed by atoms with Crippen molar-refractivity contribution in [3.05, 3.63) is 77.1 Å². The Hall–Kier alpha value is -2.88. The monoisotopic (exact) mass is 349 g/mol. The second-order valence-corrected chi connectivity index (χ2v) is 7.11. The molecule has 0 bridgehead atoms. The molecule has 0 saturated heterocycles. The fourth-order valence-corrected chi connectivity index (χ4v) is 3.37. The van der Waals surface area contributed by atoms with Crippen LogP contribution < -0.4 is 4.90 Å². The molecule has 0 spiro atoms. The van der Waals surface area contributed by atoms with Crippen molar-refractivity contribution >= 4 is 17.4 Å². The van der Waals surface area contributed by atoms with Gasteiger partial charge in [0.15, 0.2) is 11.5 Å². The molecule has 1 aliphatic rings. The summed E-state index contributed by atoms with van der Waals surface area (Å²) in [5.41, 5.74) is 2.67. The quantitative estimate of drug-likeness (QED) is 0.864. The molecule has 2 aromatic carbocycles. The van der Waals surface area contributed by atoms with E-state index in [0.717, 1.165) is 11.1 Å². The summed E-state index contributed by atoms with van der Waals surface area (Å²) in [6.07, 6.45) is 0.289. The van der Waals surface area contributed by atoms with E-state index in [-0.39, 0.29) is 23.7 Å². The minimum absolute atomic E-state index is 0.141. The molecular formula is C22H23NO3. The van der Waals surface area contributed by atoms with Crippen LogP contribution in [0.2, 0.25) is 0 Å². The summed E-state index contributed by atoms with van der Waals surface area (Å²) in [6, 6.07) is 16.3. The number of ketones is 1. The molecule has 0 aromatic heterocycles. The lowest BCUT2D eigenvalue weighted by atomic mass is 9.92. The van der Waals surface area contributed by atoms with E-state index >= 15 is 0 Å². The Labute approximate surface area is 153 Å². The van der Waals surface area contributed by atoms with Crippen LogP contribution in [0, 0.1) is 12.8 Å². The number of amides is 1. The highest BCUT2D eigenvalue weighted by atomic mass is 16.3. The molecule has 26 heavy (non-hydrogen) atoms. The summed E-state index contributed by atoms with van der Waals surface area (Å²) in [7, 11) is 0. The normalized spacial score (nSPS) is 17.3. The van der Waals surface area contributed by atoms with Crippen LogP contribution in [0.3, 0.4) is 0 Å². The minimum atomic E-state index is -0.614. The lowest BCUT2D eigenvalue weighted by molar-refractivity contribution is -0.118. The van der Waals surface area contributed by atoms with Crippen molar-refractivity contribution in [2.45, 2.75) is 33.2 Å². The van der Waals surface area contributed by atoms with Crippen molar-refractivity contribution in [3.8, 4) is 0 Å². The maximum Gasteiger partial charge on any atom is 0.294 e. The van der Waals surface area contributed by atoms with Gasteiger partial charge in [0.05, 0.1) is 11.6 Å². The van der Waals surface area contributed by atoms with Crippen molar-refractivity contribution in [1.29, 1.82) is 0 Å². The van der Waals surface area contributed by atoms with E-state index < -0.39 is 17.7 Å². The van der Waals surface area contributed by atoms with E-state index in [1.807, 2.05) is 75.4 Å². The third kappa shape index (κ3) is 3.27.